The van der Waals surface area contributed by atoms with Gasteiger partial charge in [0.15, 0.2) is 0 Å². The average Bonchev–Trinajstić information content (AvgIpc) is 2.90. The number of rotatable bonds is 5. The van der Waals surface area contributed by atoms with E-state index in [9.17, 15) is 4.39 Å². The van der Waals surface area contributed by atoms with Gasteiger partial charge in [0.05, 0.1) is 0 Å². The Hall–Kier alpha value is -1.70. The summed E-state index contributed by atoms with van der Waals surface area (Å²) in [6.07, 6.45) is 1.03. The molecule has 0 saturated heterocycles. The van der Waals surface area contributed by atoms with Crippen molar-refractivity contribution >= 4 is 11.3 Å². The Morgan fingerprint density at radius 1 is 1.32 bits per heavy atom. The second-order valence-electron chi connectivity index (χ2n) is 4.26. The van der Waals surface area contributed by atoms with Crippen LogP contribution in [0.1, 0.15) is 23.8 Å². The van der Waals surface area contributed by atoms with Gasteiger partial charge in [-0.25, -0.2) is 4.39 Å². The van der Waals surface area contributed by atoms with E-state index < -0.39 is 0 Å². The molecule has 2 rings (SSSR count). The highest BCUT2D eigenvalue weighted by molar-refractivity contribution is 7.16. The van der Waals surface area contributed by atoms with Crippen LogP contribution in [0, 0.1) is 17.1 Å². The van der Waals surface area contributed by atoms with E-state index in [-0.39, 0.29) is 5.82 Å². The van der Waals surface area contributed by atoms with Gasteiger partial charge in [-0.05, 0) is 42.8 Å². The minimum Gasteiger partial charge on any atom is -0.313 e. The zero-order valence-electron chi connectivity index (χ0n) is 10.7. The summed E-state index contributed by atoms with van der Waals surface area (Å²) in [5.74, 6) is -0.190. The van der Waals surface area contributed by atoms with Crippen LogP contribution in [-0.4, -0.2) is 6.54 Å². The molecule has 0 fully saturated rings. The van der Waals surface area contributed by atoms with Crippen LogP contribution in [0.25, 0.3) is 10.4 Å². The highest BCUT2D eigenvalue weighted by Crippen LogP contribution is 2.29. The van der Waals surface area contributed by atoms with Crippen molar-refractivity contribution < 1.29 is 4.39 Å². The molecule has 0 spiro atoms. The van der Waals surface area contributed by atoms with E-state index in [0.717, 1.165) is 23.4 Å². The fraction of sp³-hybridized carbons (Fsp3) is 0.267. The number of nitriles is 1. The Morgan fingerprint density at radius 2 is 2.16 bits per heavy atom. The second-order valence-corrected chi connectivity index (χ2v) is 5.34. The van der Waals surface area contributed by atoms with Crippen molar-refractivity contribution in [1.29, 1.82) is 5.26 Å². The minimum absolute atomic E-state index is 0.190. The smallest absolute Gasteiger partial charge is 0.127 e. The van der Waals surface area contributed by atoms with Gasteiger partial charge in [-0.3, -0.25) is 0 Å². The Kier molecular flexibility index (Phi) is 4.67. The van der Waals surface area contributed by atoms with Gasteiger partial charge in [0.2, 0.25) is 0 Å². The molecular formula is C15H15FN2S. The van der Waals surface area contributed by atoms with E-state index in [2.05, 4.69) is 18.3 Å². The number of nitrogens with one attached hydrogen (secondary N) is 1. The number of benzene rings is 1. The molecule has 98 valence electrons. The third kappa shape index (κ3) is 3.40. The molecule has 0 radical (unpaired) electrons. The van der Waals surface area contributed by atoms with Crippen LogP contribution >= 0.6 is 11.3 Å². The lowest BCUT2D eigenvalue weighted by molar-refractivity contribution is 0.587. The van der Waals surface area contributed by atoms with Crippen LogP contribution < -0.4 is 5.32 Å². The Morgan fingerprint density at radius 3 is 2.84 bits per heavy atom. The highest BCUT2D eigenvalue weighted by Gasteiger charge is 2.07. The zero-order chi connectivity index (χ0) is 13.7. The molecule has 1 heterocycles. The van der Waals surface area contributed by atoms with Gasteiger partial charge in [0.25, 0.3) is 0 Å². The molecule has 2 nitrogen and oxygen atoms in total. The maximum atomic E-state index is 13.7. The molecule has 1 aromatic heterocycles. The minimum atomic E-state index is -0.190. The predicted octanol–water partition coefficient (Wildman–Crippen LogP) is 3.93. The first-order valence-electron chi connectivity index (χ1n) is 6.24. The van der Waals surface area contributed by atoms with Crippen molar-refractivity contribution in [2.45, 2.75) is 19.9 Å². The van der Waals surface area contributed by atoms with E-state index in [4.69, 9.17) is 5.26 Å². The van der Waals surface area contributed by atoms with Gasteiger partial charge in [-0.1, -0.05) is 13.0 Å². The van der Waals surface area contributed by atoms with Crippen LogP contribution in [0.3, 0.4) is 0 Å². The lowest BCUT2D eigenvalue weighted by Crippen LogP contribution is -2.14. The quantitative estimate of drug-likeness (QED) is 0.839. The molecule has 4 heteroatoms. The van der Waals surface area contributed by atoms with E-state index >= 15 is 0 Å². The standard InChI is InChI=1S/C15H15FN2S/c1-2-7-18-10-12-8-11(3-5-14(12)16)15-6-4-13(9-17)19-15/h3-6,8,18H,2,7,10H2,1H3. The zero-order valence-corrected chi connectivity index (χ0v) is 11.6. The number of hydrogen-bond acceptors (Lipinski definition) is 3. The normalized spacial score (nSPS) is 10.4. The monoisotopic (exact) mass is 274 g/mol. The van der Waals surface area contributed by atoms with E-state index in [1.807, 2.05) is 12.1 Å². The van der Waals surface area contributed by atoms with Gasteiger partial charge in [0.1, 0.15) is 16.8 Å². The first-order chi connectivity index (χ1) is 9.24. The highest BCUT2D eigenvalue weighted by atomic mass is 32.1. The lowest BCUT2D eigenvalue weighted by atomic mass is 10.1. The molecule has 0 amide bonds. The summed E-state index contributed by atoms with van der Waals surface area (Å²) >= 11 is 1.42. The first kappa shape index (κ1) is 13.7. The second kappa shape index (κ2) is 6.46. The Labute approximate surface area is 116 Å². The van der Waals surface area contributed by atoms with Gasteiger partial charge >= 0.3 is 0 Å². The first-order valence-corrected chi connectivity index (χ1v) is 7.05. The van der Waals surface area contributed by atoms with Gasteiger partial charge in [0, 0.05) is 17.0 Å². The molecule has 1 N–H and O–H groups in total. The molecule has 2 aromatic rings. The summed E-state index contributed by atoms with van der Waals surface area (Å²) in [4.78, 5) is 1.67. The van der Waals surface area contributed by atoms with Crippen LogP contribution in [0.4, 0.5) is 4.39 Å². The topological polar surface area (TPSA) is 35.8 Å². The van der Waals surface area contributed by atoms with Crippen LogP contribution in [0.5, 0.6) is 0 Å². The summed E-state index contributed by atoms with van der Waals surface area (Å²) in [5.41, 5.74) is 1.62. The lowest BCUT2D eigenvalue weighted by Gasteiger charge is -2.07. The predicted molar refractivity (Wildman–Crippen MR) is 76.4 cm³/mol. The van der Waals surface area contributed by atoms with E-state index in [1.165, 1.54) is 17.4 Å². The van der Waals surface area contributed by atoms with E-state index in [1.54, 1.807) is 12.1 Å². The largest absolute Gasteiger partial charge is 0.313 e. The summed E-state index contributed by atoms with van der Waals surface area (Å²) in [6, 6.07) is 10.9. The third-order valence-corrected chi connectivity index (χ3v) is 3.83. The van der Waals surface area contributed by atoms with Gasteiger partial charge in [-0.2, -0.15) is 5.26 Å². The van der Waals surface area contributed by atoms with Crippen molar-refractivity contribution in [3.8, 4) is 16.5 Å². The summed E-state index contributed by atoms with van der Waals surface area (Å²) in [5, 5.41) is 12.0. The van der Waals surface area contributed by atoms with Crippen molar-refractivity contribution in [3.63, 3.8) is 0 Å². The maximum Gasteiger partial charge on any atom is 0.127 e. The fourth-order valence-electron chi connectivity index (χ4n) is 1.82. The molecule has 0 saturated carbocycles. The Bertz CT molecular complexity index is 598. The molecule has 0 aliphatic carbocycles. The van der Waals surface area contributed by atoms with Crippen molar-refractivity contribution in [3.05, 3.63) is 46.6 Å². The molecule has 0 aliphatic rings. The van der Waals surface area contributed by atoms with Crippen LogP contribution in [-0.2, 0) is 6.54 Å². The summed E-state index contributed by atoms with van der Waals surface area (Å²) in [7, 11) is 0. The van der Waals surface area contributed by atoms with Crippen molar-refractivity contribution in [2.75, 3.05) is 6.54 Å². The molecule has 0 aliphatic heterocycles. The third-order valence-electron chi connectivity index (χ3n) is 2.79. The van der Waals surface area contributed by atoms with Crippen molar-refractivity contribution in [1.82, 2.24) is 5.32 Å². The molecule has 0 bridgehead atoms. The molecule has 0 unspecified atom stereocenters. The average molecular weight is 274 g/mol. The van der Waals surface area contributed by atoms with Crippen molar-refractivity contribution in [2.24, 2.45) is 0 Å². The Balaban J connectivity index is 2.22. The van der Waals surface area contributed by atoms with Gasteiger partial charge < -0.3 is 5.32 Å². The SMILES string of the molecule is CCCNCc1cc(-c2ccc(C#N)s2)ccc1F. The molecule has 0 atom stereocenters. The number of nitrogens with zero attached hydrogens (tertiary/aromatic N) is 1. The fourth-order valence-corrected chi connectivity index (χ4v) is 2.62. The number of hydrogen-bond donors (Lipinski definition) is 1. The summed E-state index contributed by atoms with van der Waals surface area (Å²) in [6.45, 7) is 3.49. The van der Waals surface area contributed by atoms with Crippen LogP contribution in [0.15, 0.2) is 30.3 Å². The molecular weight excluding hydrogens is 259 g/mol. The molecule has 1 aromatic carbocycles. The maximum absolute atomic E-state index is 13.7. The molecule has 19 heavy (non-hydrogen) atoms. The summed E-state index contributed by atoms with van der Waals surface area (Å²) < 4.78 is 13.7. The van der Waals surface area contributed by atoms with Crippen LogP contribution in [0.2, 0.25) is 0 Å². The van der Waals surface area contributed by atoms with E-state index in [0.29, 0.717) is 17.0 Å². The number of halogens is 1. The number of thiophene rings is 1. The van der Waals surface area contributed by atoms with Gasteiger partial charge in [-0.15, -0.1) is 11.3 Å².